The number of hydrogen-bond donors (Lipinski definition) is 0. The lowest BCUT2D eigenvalue weighted by molar-refractivity contribution is 0.0170. The van der Waals surface area contributed by atoms with Crippen LogP contribution in [0.4, 0.5) is 0 Å². The van der Waals surface area contributed by atoms with E-state index < -0.39 is 20.8 Å². The second kappa shape index (κ2) is 14.7. The highest BCUT2D eigenvalue weighted by Crippen LogP contribution is 2.31. The molecule has 14 heteroatoms. The van der Waals surface area contributed by atoms with Crippen LogP contribution in [0.3, 0.4) is 0 Å². The summed E-state index contributed by atoms with van der Waals surface area (Å²) in [6, 6.07) is 10.9. The van der Waals surface area contributed by atoms with Crippen LogP contribution in [-0.2, 0) is 36.0 Å². The van der Waals surface area contributed by atoms with E-state index in [9.17, 15) is 12.6 Å². The highest BCUT2D eigenvalue weighted by Gasteiger charge is 2.28. The Hall–Kier alpha value is -3.56. The summed E-state index contributed by atoms with van der Waals surface area (Å²) in [6.07, 6.45) is 1.64. The maximum Gasteiger partial charge on any atom is 0.270 e. The molecule has 0 bridgehead atoms. The van der Waals surface area contributed by atoms with E-state index in [-0.39, 0.29) is 21.3 Å². The van der Waals surface area contributed by atoms with Gasteiger partial charge in [-0.3, -0.25) is 14.1 Å². The van der Waals surface area contributed by atoms with Gasteiger partial charge >= 0.3 is 0 Å². The largest absolute Gasteiger partial charge is 0.497 e. The molecule has 0 saturated carbocycles. The van der Waals surface area contributed by atoms with E-state index >= 15 is 0 Å². The maximum atomic E-state index is 14.1. The molecule has 45 heavy (non-hydrogen) atoms. The Balaban J connectivity index is 1.34. The molecule has 0 N–H and O–H groups in total. The van der Waals surface area contributed by atoms with Gasteiger partial charge in [-0.2, -0.15) is 0 Å². The molecule has 1 aliphatic rings. The molecule has 4 aromatic rings. The first kappa shape index (κ1) is 32.8. The maximum absolute atomic E-state index is 14.1. The Bertz CT molecular complexity index is 1750. The summed E-state index contributed by atoms with van der Waals surface area (Å²) in [5.41, 5.74) is 2.71. The zero-order valence-electron chi connectivity index (χ0n) is 25.9. The van der Waals surface area contributed by atoms with Crippen LogP contribution in [-0.4, -0.2) is 98.4 Å². The van der Waals surface area contributed by atoms with Crippen LogP contribution in [0.1, 0.15) is 16.8 Å². The van der Waals surface area contributed by atoms with Gasteiger partial charge in [0, 0.05) is 43.0 Å². The van der Waals surface area contributed by atoms with Crippen molar-refractivity contribution in [2.75, 3.05) is 66.9 Å². The third kappa shape index (κ3) is 7.47. The smallest absolute Gasteiger partial charge is 0.270 e. The lowest BCUT2D eigenvalue weighted by Gasteiger charge is -2.26. The monoisotopic (exact) mass is 658 g/mol. The lowest BCUT2D eigenvalue weighted by Crippen LogP contribution is -2.38. The van der Waals surface area contributed by atoms with Gasteiger partial charge in [-0.1, -0.05) is 0 Å². The topological polar surface area (TPSA) is 131 Å². The van der Waals surface area contributed by atoms with E-state index in [4.69, 9.17) is 23.7 Å². The number of rotatable bonds is 14. The van der Waals surface area contributed by atoms with E-state index in [2.05, 4.69) is 14.9 Å². The second-order valence-electron chi connectivity index (χ2n) is 10.4. The molecule has 5 rings (SSSR count). The molecule has 0 spiro atoms. The average Bonchev–Trinajstić information content (AvgIpc) is 3.45. The zero-order valence-corrected chi connectivity index (χ0v) is 27.5. The number of methoxy groups -OCH3 is 2. The third-order valence-corrected chi connectivity index (χ3v) is 10.6. The van der Waals surface area contributed by atoms with Crippen molar-refractivity contribution < 1.29 is 36.3 Å². The number of pyridine rings is 1. The second-order valence-corrected chi connectivity index (χ2v) is 13.6. The Labute approximate surface area is 265 Å². The van der Waals surface area contributed by atoms with Crippen LogP contribution >= 0.6 is 0 Å². The number of nitrogens with zero attached hydrogens (tertiary/aromatic N) is 4. The number of morpholine rings is 1. The van der Waals surface area contributed by atoms with Crippen molar-refractivity contribution >= 4 is 31.9 Å². The predicted octanol–water partition coefficient (Wildman–Crippen LogP) is 3.34. The van der Waals surface area contributed by atoms with Gasteiger partial charge in [0.15, 0.2) is 0 Å². The van der Waals surface area contributed by atoms with Crippen LogP contribution in [0, 0.1) is 13.8 Å². The Morgan fingerprint density at radius 3 is 2.40 bits per heavy atom. The Kier molecular flexibility index (Phi) is 10.7. The van der Waals surface area contributed by atoms with E-state index in [0.717, 1.165) is 47.9 Å². The van der Waals surface area contributed by atoms with Crippen molar-refractivity contribution in [3.8, 4) is 17.2 Å². The number of aromatic nitrogens is 3. The van der Waals surface area contributed by atoms with Crippen molar-refractivity contribution in [1.82, 2.24) is 18.8 Å². The molecule has 3 heterocycles. The number of aryl methyl sites for hydroxylation is 1. The molecule has 0 amide bonds. The summed E-state index contributed by atoms with van der Waals surface area (Å²) in [4.78, 5) is 11.2. The van der Waals surface area contributed by atoms with Crippen LogP contribution < -0.4 is 14.2 Å². The van der Waals surface area contributed by atoms with Crippen LogP contribution in [0.2, 0.25) is 0 Å². The number of hydrogen-bond acceptors (Lipinski definition) is 11. The normalized spacial score (nSPS) is 14.8. The molecule has 2 aromatic carbocycles. The number of imidazole rings is 1. The highest BCUT2D eigenvalue weighted by molar-refractivity contribution is 7.91. The SMILES string of the molecule is COc1ccc2c(c1)nc(S(=O)Cc1ncc(C)c(OC)c1C)n2S(=O)(=O)c1ccc(OCCOCCN2CCOCC2)cc1. The molecule has 1 atom stereocenters. The Morgan fingerprint density at radius 1 is 0.956 bits per heavy atom. The molecule has 1 unspecified atom stereocenters. The van der Waals surface area contributed by atoms with Crippen LogP contribution in [0.15, 0.2) is 58.7 Å². The first-order chi connectivity index (χ1) is 21.7. The summed E-state index contributed by atoms with van der Waals surface area (Å²) < 4.78 is 70.6. The van der Waals surface area contributed by atoms with Gasteiger partial charge < -0.3 is 23.7 Å². The van der Waals surface area contributed by atoms with Gasteiger partial charge in [-0.25, -0.2) is 17.4 Å². The van der Waals surface area contributed by atoms with Crippen LogP contribution in [0.5, 0.6) is 17.2 Å². The average molecular weight is 659 g/mol. The first-order valence-corrected chi connectivity index (χ1v) is 17.3. The van der Waals surface area contributed by atoms with E-state index in [1.54, 1.807) is 43.6 Å². The fourth-order valence-electron chi connectivity index (χ4n) is 5.08. The summed E-state index contributed by atoms with van der Waals surface area (Å²) in [7, 11) is -3.03. The van der Waals surface area contributed by atoms with E-state index in [1.807, 2.05) is 13.8 Å². The van der Waals surface area contributed by atoms with Gasteiger partial charge in [0.25, 0.3) is 10.0 Å². The molecule has 0 radical (unpaired) electrons. The fraction of sp³-hybridized carbons (Fsp3) is 0.419. The van der Waals surface area contributed by atoms with Crippen molar-refractivity contribution in [1.29, 1.82) is 0 Å². The van der Waals surface area contributed by atoms with Crippen molar-refractivity contribution in [2.24, 2.45) is 0 Å². The van der Waals surface area contributed by atoms with Gasteiger partial charge in [-0.05, 0) is 50.2 Å². The minimum atomic E-state index is -4.22. The molecular formula is C31H38N4O8S2. The van der Waals surface area contributed by atoms with Gasteiger partial charge in [0.1, 0.15) is 23.9 Å². The summed E-state index contributed by atoms with van der Waals surface area (Å²) >= 11 is 0. The lowest BCUT2D eigenvalue weighted by atomic mass is 10.1. The summed E-state index contributed by atoms with van der Waals surface area (Å²) in [5, 5.41) is -0.117. The van der Waals surface area contributed by atoms with Crippen LogP contribution in [0.25, 0.3) is 11.0 Å². The Morgan fingerprint density at radius 2 is 1.69 bits per heavy atom. The van der Waals surface area contributed by atoms with E-state index in [1.165, 1.54) is 19.2 Å². The number of ether oxygens (including phenoxy) is 5. The van der Waals surface area contributed by atoms with Gasteiger partial charge in [0.2, 0.25) is 5.16 Å². The third-order valence-electron chi connectivity index (χ3n) is 7.53. The van der Waals surface area contributed by atoms with Crippen molar-refractivity contribution in [2.45, 2.75) is 29.7 Å². The zero-order chi connectivity index (χ0) is 32.0. The standard InChI is InChI=1S/C31H38N4O8S2/c1-22-20-32-28(23(2)30(22)40-4)21-44(36)31-33-27-19-25(39-3)7-10-29(27)35(31)45(37,38)26-8-5-24(6-9-26)43-18-17-42-16-13-34-11-14-41-15-12-34/h5-10,19-20H,11-18,21H2,1-4H3. The number of benzene rings is 2. The minimum absolute atomic E-state index is 0.00344. The molecule has 242 valence electrons. The summed E-state index contributed by atoms with van der Waals surface area (Å²) in [5.74, 6) is 1.59. The minimum Gasteiger partial charge on any atom is -0.497 e. The first-order valence-electron chi connectivity index (χ1n) is 14.5. The fourth-order valence-corrected chi connectivity index (χ4v) is 8.12. The molecule has 2 aromatic heterocycles. The molecule has 1 saturated heterocycles. The molecule has 12 nitrogen and oxygen atoms in total. The van der Waals surface area contributed by atoms with Gasteiger partial charge in [-0.15, -0.1) is 0 Å². The summed E-state index contributed by atoms with van der Waals surface area (Å²) in [6.45, 7) is 9.20. The predicted molar refractivity (Wildman–Crippen MR) is 169 cm³/mol. The number of fused-ring (bicyclic) bond motifs is 1. The molecule has 0 aliphatic carbocycles. The molecule has 1 fully saturated rings. The van der Waals surface area contributed by atoms with E-state index in [0.29, 0.717) is 48.3 Å². The van der Waals surface area contributed by atoms with Gasteiger partial charge in [0.05, 0.1) is 78.8 Å². The quantitative estimate of drug-likeness (QED) is 0.185. The molecular weight excluding hydrogens is 620 g/mol. The highest BCUT2D eigenvalue weighted by atomic mass is 32.2. The molecule has 1 aliphatic heterocycles. The van der Waals surface area contributed by atoms with Crippen molar-refractivity contribution in [3.63, 3.8) is 0 Å². The van der Waals surface area contributed by atoms with Crippen molar-refractivity contribution in [3.05, 3.63) is 65.5 Å².